The van der Waals surface area contributed by atoms with Gasteiger partial charge in [0.05, 0.1) is 5.60 Å². The van der Waals surface area contributed by atoms with Crippen LogP contribution in [-0.4, -0.2) is 35.6 Å². The van der Waals surface area contributed by atoms with Crippen LogP contribution in [0, 0.1) is 0 Å². The summed E-state index contributed by atoms with van der Waals surface area (Å²) in [5, 5.41) is 6.70. The van der Waals surface area contributed by atoms with Crippen molar-refractivity contribution in [3.8, 4) is 0 Å². The lowest BCUT2D eigenvalue weighted by Crippen LogP contribution is -2.40. The normalized spacial score (nSPS) is 21.9. The fourth-order valence-corrected chi connectivity index (χ4v) is 3.07. The van der Waals surface area contributed by atoms with Crippen molar-refractivity contribution >= 4 is 28.3 Å². The molecule has 0 aromatic carbocycles. The molecular weight excluding hydrogens is 264 g/mol. The maximum atomic E-state index is 11.8. The number of hydrogen-bond donors (Lipinski definition) is 3. The molecule has 0 spiro atoms. The van der Waals surface area contributed by atoms with Crippen LogP contribution >= 0.6 is 11.5 Å². The number of aromatic nitrogens is 1. The predicted octanol–water partition coefficient (Wildman–Crippen LogP) is 1.45. The van der Waals surface area contributed by atoms with E-state index < -0.39 is 0 Å². The summed E-state index contributed by atoms with van der Waals surface area (Å²) < 4.78 is 9.73. The second-order valence-corrected chi connectivity index (χ2v) is 6.07. The number of amides is 1. The van der Waals surface area contributed by atoms with Gasteiger partial charge in [0.1, 0.15) is 10.6 Å². The minimum absolute atomic E-state index is 0.140. The number of carbonyl (C=O) groups is 1. The second-order valence-electron chi connectivity index (χ2n) is 5.29. The number of nitrogens with zero attached hydrogens (tertiary/aromatic N) is 1. The molecule has 1 amide bonds. The fraction of sp³-hybridized carbons (Fsp3) is 0.667. The van der Waals surface area contributed by atoms with Crippen molar-refractivity contribution in [1.82, 2.24) is 9.69 Å². The van der Waals surface area contributed by atoms with Crippen LogP contribution < -0.4 is 16.4 Å². The van der Waals surface area contributed by atoms with Gasteiger partial charge in [-0.1, -0.05) is 0 Å². The van der Waals surface area contributed by atoms with Gasteiger partial charge < -0.3 is 21.1 Å². The summed E-state index contributed by atoms with van der Waals surface area (Å²) in [6.07, 6.45) is 1.80. The van der Waals surface area contributed by atoms with E-state index in [9.17, 15) is 4.79 Å². The SMILES string of the molecule is CNC(=O)c1c(N)nsc1NC1CCOC(C)(C)C1. The summed E-state index contributed by atoms with van der Waals surface area (Å²) in [4.78, 5) is 11.8. The van der Waals surface area contributed by atoms with Gasteiger partial charge in [-0.3, -0.25) is 4.79 Å². The molecule has 1 aliphatic rings. The van der Waals surface area contributed by atoms with E-state index in [0.717, 1.165) is 17.8 Å². The molecule has 7 heteroatoms. The summed E-state index contributed by atoms with van der Waals surface area (Å²) in [7, 11) is 1.58. The van der Waals surface area contributed by atoms with E-state index in [1.807, 2.05) is 0 Å². The second kappa shape index (κ2) is 5.34. The van der Waals surface area contributed by atoms with Gasteiger partial charge in [-0.15, -0.1) is 0 Å². The molecule has 0 bridgehead atoms. The third kappa shape index (κ3) is 3.16. The Morgan fingerprint density at radius 3 is 2.95 bits per heavy atom. The van der Waals surface area contributed by atoms with E-state index in [2.05, 4.69) is 28.9 Å². The molecule has 0 radical (unpaired) electrons. The third-order valence-electron chi connectivity index (χ3n) is 3.20. The minimum atomic E-state index is -0.208. The van der Waals surface area contributed by atoms with Gasteiger partial charge in [0.2, 0.25) is 0 Å². The van der Waals surface area contributed by atoms with E-state index in [4.69, 9.17) is 10.5 Å². The first-order valence-corrected chi connectivity index (χ1v) is 7.08. The van der Waals surface area contributed by atoms with Crippen LogP contribution in [0.25, 0.3) is 0 Å². The molecule has 106 valence electrons. The highest BCUT2D eigenvalue weighted by Gasteiger charge is 2.30. The van der Waals surface area contributed by atoms with Crippen molar-refractivity contribution in [3.63, 3.8) is 0 Å². The number of nitrogens with two attached hydrogens (primary N) is 1. The molecule has 2 rings (SSSR count). The topological polar surface area (TPSA) is 89.3 Å². The van der Waals surface area contributed by atoms with E-state index in [0.29, 0.717) is 12.2 Å². The molecule has 1 aliphatic heterocycles. The molecule has 1 unspecified atom stereocenters. The summed E-state index contributed by atoms with van der Waals surface area (Å²) in [6, 6.07) is 0.270. The van der Waals surface area contributed by atoms with Crippen LogP contribution in [0.2, 0.25) is 0 Å². The van der Waals surface area contributed by atoms with Crippen molar-refractivity contribution in [2.24, 2.45) is 0 Å². The summed E-state index contributed by atoms with van der Waals surface area (Å²) in [5.74, 6) is 0.0678. The predicted molar refractivity (Wildman–Crippen MR) is 76.6 cm³/mol. The van der Waals surface area contributed by atoms with Crippen molar-refractivity contribution in [2.75, 3.05) is 24.7 Å². The number of anilines is 2. The van der Waals surface area contributed by atoms with E-state index in [-0.39, 0.29) is 23.4 Å². The van der Waals surface area contributed by atoms with Crippen LogP contribution in [0.3, 0.4) is 0 Å². The largest absolute Gasteiger partial charge is 0.382 e. The van der Waals surface area contributed by atoms with Gasteiger partial charge in [-0.05, 0) is 38.2 Å². The molecule has 1 fully saturated rings. The highest BCUT2D eigenvalue weighted by atomic mass is 32.1. The van der Waals surface area contributed by atoms with Crippen LogP contribution in [0.5, 0.6) is 0 Å². The smallest absolute Gasteiger partial charge is 0.257 e. The Morgan fingerprint density at radius 2 is 2.32 bits per heavy atom. The average molecular weight is 284 g/mol. The molecular formula is C12H20N4O2S. The maximum Gasteiger partial charge on any atom is 0.257 e. The van der Waals surface area contributed by atoms with Gasteiger partial charge in [0, 0.05) is 19.7 Å². The summed E-state index contributed by atoms with van der Waals surface area (Å²) in [6.45, 7) is 4.86. The lowest BCUT2D eigenvalue weighted by atomic mass is 9.94. The molecule has 2 heterocycles. The highest BCUT2D eigenvalue weighted by Crippen LogP contribution is 2.31. The van der Waals surface area contributed by atoms with Gasteiger partial charge in [0.25, 0.3) is 5.91 Å². The average Bonchev–Trinajstić information content (AvgIpc) is 2.68. The zero-order valence-corrected chi connectivity index (χ0v) is 12.3. The van der Waals surface area contributed by atoms with Crippen molar-refractivity contribution in [1.29, 1.82) is 0 Å². The summed E-state index contributed by atoms with van der Waals surface area (Å²) >= 11 is 1.23. The zero-order valence-electron chi connectivity index (χ0n) is 11.4. The molecule has 1 atom stereocenters. The van der Waals surface area contributed by atoms with Gasteiger partial charge in [0.15, 0.2) is 5.82 Å². The Bertz CT molecular complexity index is 472. The van der Waals surface area contributed by atoms with Crippen LogP contribution in [0.15, 0.2) is 0 Å². The summed E-state index contributed by atoms with van der Waals surface area (Å²) in [5.41, 5.74) is 6.05. The Hall–Kier alpha value is -1.34. The quantitative estimate of drug-likeness (QED) is 0.782. The van der Waals surface area contributed by atoms with Crippen molar-refractivity contribution in [3.05, 3.63) is 5.56 Å². The number of rotatable bonds is 3. The van der Waals surface area contributed by atoms with E-state index in [1.54, 1.807) is 7.05 Å². The molecule has 6 nitrogen and oxygen atoms in total. The Morgan fingerprint density at radius 1 is 1.58 bits per heavy atom. The number of carbonyl (C=O) groups excluding carboxylic acids is 1. The number of nitrogen functional groups attached to an aromatic ring is 1. The van der Waals surface area contributed by atoms with Gasteiger partial charge in [-0.25, -0.2) is 0 Å². The number of hydrogen-bond acceptors (Lipinski definition) is 6. The molecule has 19 heavy (non-hydrogen) atoms. The fourth-order valence-electron chi connectivity index (χ4n) is 2.29. The maximum absolute atomic E-state index is 11.8. The Labute approximate surface area is 116 Å². The molecule has 0 aliphatic carbocycles. The number of nitrogens with one attached hydrogen (secondary N) is 2. The van der Waals surface area contributed by atoms with Crippen LogP contribution in [-0.2, 0) is 4.74 Å². The lowest BCUT2D eigenvalue weighted by Gasteiger charge is -2.36. The minimum Gasteiger partial charge on any atom is -0.382 e. The zero-order chi connectivity index (χ0) is 14.0. The Kier molecular flexibility index (Phi) is 3.96. The van der Waals surface area contributed by atoms with Gasteiger partial charge in [-0.2, -0.15) is 4.37 Å². The third-order valence-corrected chi connectivity index (χ3v) is 4.00. The van der Waals surface area contributed by atoms with Crippen LogP contribution in [0.1, 0.15) is 37.0 Å². The first kappa shape index (κ1) is 14.1. The first-order valence-electron chi connectivity index (χ1n) is 6.30. The molecule has 1 aromatic rings. The van der Waals surface area contributed by atoms with Crippen LogP contribution in [0.4, 0.5) is 10.8 Å². The number of ether oxygens (including phenoxy) is 1. The molecule has 0 saturated carbocycles. The molecule has 1 aromatic heterocycles. The standard InChI is InChI=1S/C12H20N4O2S/c1-12(2)6-7(4-5-18-12)15-11-8(10(17)14-3)9(13)16-19-11/h7,15H,4-6H2,1-3H3,(H2,13,16)(H,14,17). The monoisotopic (exact) mass is 284 g/mol. The van der Waals surface area contributed by atoms with E-state index >= 15 is 0 Å². The Balaban J connectivity index is 2.13. The lowest BCUT2D eigenvalue weighted by molar-refractivity contribution is -0.0552. The molecule has 1 saturated heterocycles. The van der Waals surface area contributed by atoms with E-state index in [1.165, 1.54) is 11.5 Å². The van der Waals surface area contributed by atoms with Crippen molar-refractivity contribution in [2.45, 2.75) is 38.3 Å². The molecule has 4 N–H and O–H groups in total. The highest BCUT2D eigenvalue weighted by molar-refractivity contribution is 7.11. The van der Waals surface area contributed by atoms with Gasteiger partial charge >= 0.3 is 0 Å². The first-order chi connectivity index (χ1) is 8.93. The van der Waals surface area contributed by atoms with Crippen molar-refractivity contribution < 1.29 is 9.53 Å².